The van der Waals surface area contributed by atoms with E-state index >= 15 is 0 Å². The van der Waals surface area contributed by atoms with Crippen molar-refractivity contribution in [3.8, 4) is 5.75 Å². The Hall–Kier alpha value is -3.95. The zero-order valence-corrected chi connectivity index (χ0v) is 19.9. The van der Waals surface area contributed by atoms with Crippen LogP contribution in [0, 0.1) is 0 Å². The molecule has 3 heterocycles. The molecule has 3 atom stereocenters. The Labute approximate surface area is 217 Å². The summed E-state index contributed by atoms with van der Waals surface area (Å²) in [6, 6.07) is 9.48. The average molecular weight is 567 g/mol. The van der Waals surface area contributed by atoms with Crippen molar-refractivity contribution in [2.24, 2.45) is 0 Å². The van der Waals surface area contributed by atoms with E-state index in [1.54, 1.807) is 18.6 Å². The first kappa shape index (κ1) is 31.3. The van der Waals surface area contributed by atoms with Crippen LogP contribution in [-0.2, 0) is 25.5 Å². The van der Waals surface area contributed by atoms with Gasteiger partial charge in [0.05, 0.1) is 25.3 Å². The number of amides is 1. The molecular formula is C23H23F6N3O7. The maximum absolute atomic E-state index is 12.8. The molecule has 0 radical (unpaired) electrons. The van der Waals surface area contributed by atoms with E-state index in [1.165, 1.54) is 0 Å². The van der Waals surface area contributed by atoms with Crippen molar-refractivity contribution in [3.63, 3.8) is 0 Å². The van der Waals surface area contributed by atoms with E-state index < -0.39 is 24.3 Å². The second kappa shape index (κ2) is 13.7. The summed E-state index contributed by atoms with van der Waals surface area (Å²) in [5.74, 6) is -4.66. The fourth-order valence-corrected chi connectivity index (χ4v) is 3.70. The first-order valence-corrected chi connectivity index (χ1v) is 11.2. The molecule has 1 saturated carbocycles. The lowest BCUT2D eigenvalue weighted by atomic mass is 10.1. The third kappa shape index (κ3) is 10.0. The van der Waals surface area contributed by atoms with E-state index in [0.29, 0.717) is 19.6 Å². The summed E-state index contributed by atoms with van der Waals surface area (Å²) in [5, 5.41) is 14.2. The number of ether oxygens (including phenoxy) is 2. The van der Waals surface area contributed by atoms with Gasteiger partial charge in [-0.2, -0.15) is 26.3 Å². The van der Waals surface area contributed by atoms with Gasteiger partial charge >= 0.3 is 24.3 Å². The Kier molecular flexibility index (Phi) is 11.0. The number of nitrogens with zero attached hydrogens (tertiary/aromatic N) is 3. The topological polar surface area (TPSA) is 139 Å². The molecule has 10 nitrogen and oxygen atoms in total. The van der Waals surface area contributed by atoms with Gasteiger partial charge in [0.2, 0.25) is 5.91 Å². The molecule has 2 aromatic heterocycles. The molecule has 1 aliphatic carbocycles. The number of carbonyl (C=O) groups excluding carboxylic acids is 1. The van der Waals surface area contributed by atoms with Crippen LogP contribution in [-0.4, -0.2) is 86.7 Å². The standard InChI is InChI=1S/C19H21N3O3.2C2HF3O2/c23-18(12-14-4-1-2-9-21-14)22-10-11-24-19-16(22)6-7-17(19)25-15-5-3-8-20-13-15;2*3-2(4,5)1(6)7/h1-5,8-9,13,16-17,19H,6-7,10-12H2;2*(H,6,7)/t16-,17+,19+;;/m0../s1. The Balaban J connectivity index is 0.000000317. The number of aromatic nitrogens is 2. The number of rotatable bonds is 4. The van der Waals surface area contributed by atoms with Gasteiger partial charge < -0.3 is 24.6 Å². The molecule has 2 N–H and O–H groups in total. The van der Waals surface area contributed by atoms with Crippen molar-refractivity contribution in [1.82, 2.24) is 14.9 Å². The number of carboxylic acids is 2. The molecule has 2 aromatic rings. The number of hydrogen-bond donors (Lipinski definition) is 2. The predicted octanol–water partition coefficient (Wildman–Crippen LogP) is 3.12. The molecule has 0 bridgehead atoms. The van der Waals surface area contributed by atoms with E-state index in [4.69, 9.17) is 29.3 Å². The van der Waals surface area contributed by atoms with Crippen LogP contribution in [0.1, 0.15) is 18.5 Å². The average Bonchev–Trinajstić information content (AvgIpc) is 3.27. The van der Waals surface area contributed by atoms with E-state index in [0.717, 1.165) is 24.3 Å². The number of aliphatic carboxylic acids is 2. The highest BCUT2D eigenvalue weighted by Gasteiger charge is 2.45. The monoisotopic (exact) mass is 567 g/mol. The zero-order valence-electron chi connectivity index (χ0n) is 19.9. The highest BCUT2D eigenvalue weighted by molar-refractivity contribution is 5.79. The van der Waals surface area contributed by atoms with E-state index in [2.05, 4.69) is 9.97 Å². The lowest BCUT2D eigenvalue weighted by Crippen LogP contribution is -2.54. The third-order valence-electron chi connectivity index (χ3n) is 5.32. The summed E-state index contributed by atoms with van der Waals surface area (Å²) in [5.41, 5.74) is 0.802. The Morgan fingerprint density at radius 2 is 1.62 bits per heavy atom. The van der Waals surface area contributed by atoms with Gasteiger partial charge in [0, 0.05) is 24.6 Å². The Morgan fingerprint density at radius 3 is 2.13 bits per heavy atom. The number of alkyl halides is 6. The molecule has 214 valence electrons. The van der Waals surface area contributed by atoms with Gasteiger partial charge in [-0.1, -0.05) is 6.07 Å². The molecule has 1 saturated heterocycles. The Bertz CT molecular complexity index is 1060. The maximum Gasteiger partial charge on any atom is 0.490 e. The zero-order chi connectivity index (χ0) is 29.2. The predicted molar refractivity (Wildman–Crippen MR) is 118 cm³/mol. The number of hydrogen-bond acceptors (Lipinski definition) is 7. The van der Waals surface area contributed by atoms with Gasteiger partial charge in [-0.25, -0.2) is 9.59 Å². The third-order valence-corrected chi connectivity index (χ3v) is 5.32. The minimum Gasteiger partial charge on any atom is -0.486 e. The summed E-state index contributed by atoms with van der Waals surface area (Å²) in [6.45, 7) is 1.18. The van der Waals surface area contributed by atoms with Gasteiger partial charge in [0.25, 0.3) is 0 Å². The van der Waals surface area contributed by atoms with Crippen molar-refractivity contribution in [3.05, 3.63) is 54.6 Å². The molecular weight excluding hydrogens is 544 g/mol. The first-order valence-electron chi connectivity index (χ1n) is 11.2. The number of pyridine rings is 2. The van der Waals surface area contributed by atoms with Crippen molar-refractivity contribution >= 4 is 17.8 Å². The van der Waals surface area contributed by atoms with Gasteiger partial charge in [0.1, 0.15) is 18.0 Å². The number of halogens is 6. The Morgan fingerprint density at radius 1 is 0.974 bits per heavy atom. The second-order valence-corrected chi connectivity index (χ2v) is 8.02. The SMILES string of the molecule is O=C(Cc1ccccn1)N1CCO[C@H]2[C@H](Oc3cccnc3)CC[C@@H]21.O=C(O)C(F)(F)F.O=C(O)C(F)(F)F. The lowest BCUT2D eigenvalue weighted by molar-refractivity contribution is -0.193. The number of morpholine rings is 1. The normalized spacial score (nSPS) is 20.4. The summed E-state index contributed by atoms with van der Waals surface area (Å²) in [4.78, 5) is 40.8. The molecule has 0 spiro atoms. The number of fused-ring (bicyclic) bond motifs is 1. The summed E-state index contributed by atoms with van der Waals surface area (Å²) >= 11 is 0. The molecule has 2 fully saturated rings. The second-order valence-electron chi connectivity index (χ2n) is 8.02. The van der Waals surface area contributed by atoms with Crippen LogP contribution >= 0.6 is 0 Å². The van der Waals surface area contributed by atoms with E-state index in [1.807, 2.05) is 35.2 Å². The molecule has 4 rings (SSSR count). The van der Waals surface area contributed by atoms with Crippen LogP contribution in [0.2, 0.25) is 0 Å². The maximum atomic E-state index is 12.8. The van der Waals surface area contributed by atoms with E-state index in [9.17, 15) is 31.1 Å². The molecule has 16 heteroatoms. The number of carbonyl (C=O) groups is 3. The summed E-state index contributed by atoms with van der Waals surface area (Å²) < 4.78 is 75.5. The van der Waals surface area contributed by atoms with E-state index in [-0.39, 0.29) is 24.2 Å². The molecule has 1 aliphatic heterocycles. The van der Waals surface area contributed by atoms with Gasteiger partial charge in [-0.05, 0) is 37.1 Å². The van der Waals surface area contributed by atoms with Gasteiger partial charge in [0.15, 0.2) is 0 Å². The highest BCUT2D eigenvalue weighted by Crippen LogP contribution is 2.33. The molecule has 2 aliphatic rings. The largest absolute Gasteiger partial charge is 0.490 e. The van der Waals surface area contributed by atoms with Crippen molar-refractivity contribution in [2.75, 3.05) is 13.2 Å². The van der Waals surface area contributed by atoms with Crippen LogP contribution < -0.4 is 4.74 Å². The molecule has 1 amide bonds. The van der Waals surface area contributed by atoms with Crippen LogP contribution in [0.5, 0.6) is 5.75 Å². The quantitative estimate of drug-likeness (QED) is 0.534. The molecule has 0 unspecified atom stereocenters. The smallest absolute Gasteiger partial charge is 0.486 e. The first-order chi connectivity index (χ1) is 18.2. The highest BCUT2D eigenvalue weighted by atomic mass is 19.4. The number of carboxylic acid groups (broad SMARTS) is 2. The minimum atomic E-state index is -5.08. The van der Waals surface area contributed by atoms with Crippen LogP contribution in [0.25, 0.3) is 0 Å². The van der Waals surface area contributed by atoms with Crippen LogP contribution in [0.15, 0.2) is 48.9 Å². The van der Waals surface area contributed by atoms with Crippen molar-refractivity contribution < 1.29 is 60.4 Å². The fourth-order valence-electron chi connectivity index (χ4n) is 3.70. The summed E-state index contributed by atoms with van der Waals surface area (Å²) in [6.07, 6.45) is -3.04. The fraction of sp³-hybridized carbons (Fsp3) is 0.435. The molecule has 39 heavy (non-hydrogen) atoms. The van der Waals surface area contributed by atoms with Crippen molar-refractivity contribution in [2.45, 2.75) is 49.9 Å². The summed E-state index contributed by atoms with van der Waals surface area (Å²) in [7, 11) is 0. The van der Waals surface area contributed by atoms with Crippen molar-refractivity contribution in [1.29, 1.82) is 0 Å². The van der Waals surface area contributed by atoms with Crippen LogP contribution in [0.3, 0.4) is 0 Å². The minimum absolute atomic E-state index is 0.0420. The van der Waals surface area contributed by atoms with Gasteiger partial charge in [-0.3, -0.25) is 14.8 Å². The van der Waals surface area contributed by atoms with Gasteiger partial charge in [-0.15, -0.1) is 0 Å². The lowest BCUT2D eigenvalue weighted by Gasteiger charge is -2.39. The molecule has 0 aromatic carbocycles. The van der Waals surface area contributed by atoms with Crippen LogP contribution in [0.4, 0.5) is 26.3 Å².